The van der Waals surface area contributed by atoms with Crippen LogP contribution in [-0.4, -0.2) is 35.0 Å². The first-order valence-electron chi connectivity index (χ1n) is 4.33. The molecule has 6 nitrogen and oxygen atoms in total. The average Bonchev–Trinajstić information content (AvgIpc) is 2.51. The van der Waals surface area contributed by atoms with Crippen molar-refractivity contribution in [3.05, 3.63) is 0 Å². The molecule has 0 radical (unpaired) electrons. The standard InChI is InChI=1S/C8H12N2O4/c1-4(8(13)14)9-7(12)5-2-3-6(11)10-5/h4-5H,2-3H2,1H3,(H,9,12)(H,10,11)(H,13,14)/t4-,5+/m0/s1. The van der Waals surface area contributed by atoms with Crippen LogP contribution in [0.3, 0.4) is 0 Å². The molecular formula is C8H12N2O4. The minimum absolute atomic E-state index is 0.173. The van der Waals surface area contributed by atoms with E-state index in [2.05, 4.69) is 10.6 Å². The van der Waals surface area contributed by atoms with Crippen molar-refractivity contribution >= 4 is 17.8 Å². The number of hydrogen-bond acceptors (Lipinski definition) is 3. The number of aliphatic carboxylic acids is 1. The fourth-order valence-electron chi connectivity index (χ4n) is 1.19. The number of carboxylic acids is 1. The van der Waals surface area contributed by atoms with E-state index >= 15 is 0 Å². The van der Waals surface area contributed by atoms with Gasteiger partial charge in [-0.3, -0.25) is 14.4 Å². The fourth-order valence-corrected chi connectivity index (χ4v) is 1.19. The maximum absolute atomic E-state index is 11.3. The highest BCUT2D eigenvalue weighted by Crippen LogP contribution is 2.06. The van der Waals surface area contributed by atoms with E-state index in [4.69, 9.17) is 5.11 Å². The molecule has 3 N–H and O–H groups in total. The second kappa shape index (κ2) is 4.08. The van der Waals surface area contributed by atoms with Crippen molar-refractivity contribution in [3.8, 4) is 0 Å². The highest BCUT2D eigenvalue weighted by Gasteiger charge is 2.28. The summed E-state index contributed by atoms with van der Waals surface area (Å²) in [5.74, 6) is -1.71. The maximum atomic E-state index is 11.3. The molecule has 0 aromatic heterocycles. The van der Waals surface area contributed by atoms with Crippen LogP contribution < -0.4 is 10.6 Å². The Kier molecular flexibility index (Phi) is 3.06. The number of carbonyl (C=O) groups excluding carboxylic acids is 2. The van der Waals surface area contributed by atoms with Gasteiger partial charge >= 0.3 is 5.97 Å². The quantitative estimate of drug-likeness (QED) is 0.536. The van der Waals surface area contributed by atoms with Gasteiger partial charge in [-0.1, -0.05) is 0 Å². The lowest BCUT2D eigenvalue weighted by Crippen LogP contribution is -2.47. The largest absolute Gasteiger partial charge is 0.480 e. The molecule has 2 amide bonds. The Hall–Kier alpha value is -1.59. The van der Waals surface area contributed by atoms with Crippen LogP contribution >= 0.6 is 0 Å². The van der Waals surface area contributed by atoms with E-state index in [-0.39, 0.29) is 5.91 Å². The molecular weight excluding hydrogens is 188 g/mol. The lowest BCUT2D eigenvalue weighted by atomic mass is 10.2. The van der Waals surface area contributed by atoms with Gasteiger partial charge in [-0.15, -0.1) is 0 Å². The molecule has 1 fully saturated rings. The smallest absolute Gasteiger partial charge is 0.325 e. The Labute approximate surface area is 80.7 Å². The van der Waals surface area contributed by atoms with E-state index < -0.39 is 24.0 Å². The number of amides is 2. The van der Waals surface area contributed by atoms with E-state index in [0.717, 1.165) is 0 Å². The van der Waals surface area contributed by atoms with Crippen LogP contribution in [0.25, 0.3) is 0 Å². The molecule has 0 saturated carbocycles. The molecule has 0 aliphatic carbocycles. The molecule has 0 aromatic carbocycles. The Morgan fingerprint density at radius 1 is 1.64 bits per heavy atom. The van der Waals surface area contributed by atoms with E-state index in [1.165, 1.54) is 6.92 Å². The Morgan fingerprint density at radius 2 is 2.29 bits per heavy atom. The van der Waals surface area contributed by atoms with Crippen molar-refractivity contribution in [2.24, 2.45) is 0 Å². The number of rotatable bonds is 3. The van der Waals surface area contributed by atoms with Crippen molar-refractivity contribution in [2.75, 3.05) is 0 Å². The van der Waals surface area contributed by atoms with E-state index in [1.54, 1.807) is 0 Å². The fraction of sp³-hybridized carbons (Fsp3) is 0.625. The monoisotopic (exact) mass is 200 g/mol. The Morgan fingerprint density at radius 3 is 2.71 bits per heavy atom. The van der Waals surface area contributed by atoms with E-state index in [9.17, 15) is 14.4 Å². The molecule has 0 spiro atoms. The summed E-state index contributed by atoms with van der Waals surface area (Å²) in [4.78, 5) is 32.5. The normalized spacial score (nSPS) is 22.6. The van der Waals surface area contributed by atoms with Gasteiger partial charge in [-0.2, -0.15) is 0 Å². The van der Waals surface area contributed by atoms with Gasteiger partial charge in [0.05, 0.1) is 0 Å². The molecule has 6 heteroatoms. The minimum Gasteiger partial charge on any atom is -0.480 e. The summed E-state index contributed by atoms with van der Waals surface area (Å²) in [5, 5.41) is 13.3. The van der Waals surface area contributed by atoms with Gasteiger partial charge < -0.3 is 15.7 Å². The topological polar surface area (TPSA) is 95.5 Å². The minimum atomic E-state index is -1.09. The van der Waals surface area contributed by atoms with Crippen LogP contribution in [0.15, 0.2) is 0 Å². The highest BCUT2D eigenvalue weighted by atomic mass is 16.4. The van der Waals surface area contributed by atoms with Gasteiger partial charge in [-0.05, 0) is 13.3 Å². The molecule has 1 saturated heterocycles. The molecule has 2 atom stereocenters. The summed E-state index contributed by atoms with van der Waals surface area (Å²) in [6, 6.07) is -1.51. The third kappa shape index (κ3) is 2.45. The summed E-state index contributed by atoms with van der Waals surface area (Å²) >= 11 is 0. The van der Waals surface area contributed by atoms with Gasteiger partial charge in [0.1, 0.15) is 12.1 Å². The molecule has 1 heterocycles. The van der Waals surface area contributed by atoms with Gasteiger partial charge in [0, 0.05) is 6.42 Å². The van der Waals surface area contributed by atoms with Crippen LogP contribution in [0, 0.1) is 0 Å². The second-order valence-electron chi connectivity index (χ2n) is 3.23. The van der Waals surface area contributed by atoms with Crippen LogP contribution in [0.5, 0.6) is 0 Å². The predicted molar refractivity (Wildman–Crippen MR) is 46.4 cm³/mol. The zero-order valence-corrected chi connectivity index (χ0v) is 7.74. The van der Waals surface area contributed by atoms with Crippen LogP contribution in [0.4, 0.5) is 0 Å². The lowest BCUT2D eigenvalue weighted by molar-refractivity contribution is -0.141. The summed E-state index contributed by atoms with van der Waals surface area (Å²) < 4.78 is 0. The first kappa shape index (κ1) is 10.5. The van der Waals surface area contributed by atoms with Crippen LogP contribution in [-0.2, 0) is 14.4 Å². The Bertz CT molecular complexity index is 277. The summed E-state index contributed by atoms with van der Waals surface area (Å²) in [5.41, 5.74) is 0. The maximum Gasteiger partial charge on any atom is 0.325 e. The summed E-state index contributed by atoms with van der Waals surface area (Å²) in [7, 11) is 0. The predicted octanol–water partition coefficient (Wildman–Crippen LogP) is -1.15. The molecule has 1 rings (SSSR count). The number of carboxylic acid groups (broad SMARTS) is 1. The Balaban J connectivity index is 2.42. The summed E-state index contributed by atoms with van der Waals surface area (Å²) in [6.07, 6.45) is 0.747. The van der Waals surface area contributed by atoms with Gasteiger partial charge in [-0.25, -0.2) is 0 Å². The van der Waals surface area contributed by atoms with Crippen molar-refractivity contribution in [3.63, 3.8) is 0 Å². The summed E-state index contributed by atoms with van der Waals surface area (Å²) in [6.45, 7) is 1.37. The molecule has 1 aliphatic rings. The average molecular weight is 200 g/mol. The second-order valence-corrected chi connectivity index (χ2v) is 3.23. The number of carbonyl (C=O) groups is 3. The molecule has 14 heavy (non-hydrogen) atoms. The zero-order valence-electron chi connectivity index (χ0n) is 7.74. The van der Waals surface area contributed by atoms with Crippen LogP contribution in [0.2, 0.25) is 0 Å². The highest BCUT2D eigenvalue weighted by molar-refractivity contribution is 5.92. The molecule has 1 aliphatic heterocycles. The van der Waals surface area contributed by atoms with Gasteiger partial charge in [0.15, 0.2) is 0 Å². The first-order chi connectivity index (χ1) is 6.50. The molecule has 78 valence electrons. The van der Waals surface area contributed by atoms with Crippen LogP contribution in [0.1, 0.15) is 19.8 Å². The molecule has 0 aromatic rings. The number of hydrogen-bond donors (Lipinski definition) is 3. The van der Waals surface area contributed by atoms with Crippen molar-refractivity contribution < 1.29 is 19.5 Å². The van der Waals surface area contributed by atoms with E-state index in [1.807, 2.05) is 0 Å². The zero-order chi connectivity index (χ0) is 10.7. The SMILES string of the molecule is C[C@H](NC(=O)[C@H]1CCC(=O)N1)C(=O)O. The van der Waals surface area contributed by atoms with Gasteiger partial charge in [0.25, 0.3) is 0 Å². The first-order valence-corrected chi connectivity index (χ1v) is 4.33. The number of nitrogens with one attached hydrogen (secondary N) is 2. The molecule has 0 bridgehead atoms. The van der Waals surface area contributed by atoms with Crippen molar-refractivity contribution in [2.45, 2.75) is 31.8 Å². The lowest BCUT2D eigenvalue weighted by Gasteiger charge is -2.13. The van der Waals surface area contributed by atoms with E-state index in [0.29, 0.717) is 12.8 Å². The third-order valence-corrected chi connectivity index (χ3v) is 2.04. The van der Waals surface area contributed by atoms with Crippen molar-refractivity contribution in [1.82, 2.24) is 10.6 Å². The molecule has 0 unspecified atom stereocenters. The van der Waals surface area contributed by atoms with Crippen molar-refractivity contribution in [1.29, 1.82) is 0 Å². The third-order valence-electron chi connectivity index (χ3n) is 2.04. The van der Waals surface area contributed by atoms with Gasteiger partial charge in [0.2, 0.25) is 11.8 Å².